The van der Waals surface area contributed by atoms with Crippen molar-refractivity contribution in [2.45, 2.75) is 56.9 Å². The summed E-state index contributed by atoms with van der Waals surface area (Å²) in [5.74, 6) is 0.760. The third-order valence-corrected chi connectivity index (χ3v) is 6.83. The van der Waals surface area contributed by atoms with Crippen LogP contribution in [-0.2, 0) is 10.0 Å². The van der Waals surface area contributed by atoms with Gasteiger partial charge in [-0.15, -0.1) is 0 Å². The summed E-state index contributed by atoms with van der Waals surface area (Å²) in [6, 6.07) is 5.11. The summed E-state index contributed by atoms with van der Waals surface area (Å²) in [6.45, 7) is 4.01. The number of benzene rings is 1. The molecule has 0 atom stereocenters. The molecule has 0 spiro atoms. The molecule has 0 amide bonds. The number of hydrogen-bond donors (Lipinski definition) is 1. The number of nitrogen functional groups attached to an aromatic ring is 1. The quantitative estimate of drug-likeness (QED) is 0.869. The van der Waals surface area contributed by atoms with Gasteiger partial charge in [-0.25, -0.2) is 8.42 Å². The van der Waals surface area contributed by atoms with Gasteiger partial charge in [-0.3, -0.25) is 0 Å². The summed E-state index contributed by atoms with van der Waals surface area (Å²) in [7, 11) is -1.72. The zero-order valence-corrected chi connectivity index (χ0v) is 14.0. The van der Waals surface area contributed by atoms with E-state index in [1.807, 2.05) is 0 Å². The molecule has 0 aromatic heterocycles. The average molecular weight is 310 g/mol. The zero-order chi connectivity index (χ0) is 15.6. The minimum absolute atomic E-state index is 0.120. The first-order valence-electron chi connectivity index (χ1n) is 7.70. The third kappa shape index (κ3) is 3.40. The van der Waals surface area contributed by atoms with Gasteiger partial charge in [-0.1, -0.05) is 13.3 Å². The van der Waals surface area contributed by atoms with Crippen LogP contribution in [0.4, 0.5) is 5.69 Å². The van der Waals surface area contributed by atoms with E-state index in [0.29, 0.717) is 16.1 Å². The molecule has 1 aromatic rings. The minimum atomic E-state index is -3.43. The molecule has 1 aromatic carbocycles. The van der Waals surface area contributed by atoms with Crippen LogP contribution in [0.1, 0.15) is 44.6 Å². The van der Waals surface area contributed by atoms with E-state index < -0.39 is 10.0 Å². The molecule has 5 heteroatoms. The number of hydrogen-bond acceptors (Lipinski definition) is 3. The molecule has 0 aliphatic heterocycles. The Morgan fingerprint density at radius 3 is 2.38 bits per heavy atom. The van der Waals surface area contributed by atoms with E-state index in [1.54, 1.807) is 36.5 Å². The van der Waals surface area contributed by atoms with Crippen LogP contribution in [0.2, 0.25) is 0 Å². The highest BCUT2D eigenvalue weighted by atomic mass is 32.2. The zero-order valence-electron chi connectivity index (χ0n) is 13.2. The van der Waals surface area contributed by atoms with E-state index in [4.69, 9.17) is 5.73 Å². The molecule has 2 N–H and O–H groups in total. The molecule has 21 heavy (non-hydrogen) atoms. The fourth-order valence-corrected chi connectivity index (χ4v) is 4.85. The van der Waals surface area contributed by atoms with E-state index >= 15 is 0 Å². The van der Waals surface area contributed by atoms with Crippen LogP contribution in [0, 0.1) is 12.8 Å². The van der Waals surface area contributed by atoms with Crippen molar-refractivity contribution in [1.82, 2.24) is 4.31 Å². The lowest BCUT2D eigenvalue weighted by atomic mass is 9.85. The molecular formula is C16H26N2O2S. The first kappa shape index (κ1) is 16.3. The Morgan fingerprint density at radius 1 is 1.24 bits per heavy atom. The molecule has 0 saturated heterocycles. The van der Waals surface area contributed by atoms with E-state index in [-0.39, 0.29) is 6.04 Å². The van der Waals surface area contributed by atoms with Gasteiger partial charge in [0.25, 0.3) is 0 Å². The molecule has 0 bridgehead atoms. The van der Waals surface area contributed by atoms with Crippen molar-refractivity contribution < 1.29 is 8.42 Å². The van der Waals surface area contributed by atoms with Gasteiger partial charge in [0.2, 0.25) is 10.0 Å². The Bertz CT molecular complexity index is 590. The topological polar surface area (TPSA) is 63.4 Å². The largest absolute Gasteiger partial charge is 0.399 e. The lowest BCUT2D eigenvalue weighted by molar-refractivity contribution is 0.233. The van der Waals surface area contributed by atoms with Gasteiger partial charge in [0.15, 0.2) is 0 Å². The van der Waals surface area contributed by atoms with Crippen LogP contribution in [0.3, 0.4) is 0 Å². The Morgan fingerprint density at radius 2 is 1.86 bits per heavy atom. The van der Waals surface area contributed by atoms with Crippen molar-refractivity contribution in [1.29, 1.82) is 0 Å². The number of aryl methyl sites for hydroxylation is 1. The monoisotopic (exact) mass is 310 g/mol. The van der Waals surface area contributed by atoms with Gasteiger partial charge < -0.3 is 5.73 Å². The maximum Gasteiger partial charge on any atom is 0.243 e. The summed E-state index contributed by atoms with van der Waals surface area (Å²) in [5, 5.41) is 0. The van der Waals surface area contributed by atoms with Crippen molar-refractivity contribution in [2.24, 2.45) is 5.92 Å². The molecule has 1 fully saturated rings. The van der Waals surface area contributed by atoms with Gasteiger partial charge in [-0.05, 0) is 62.3 Å². The summed E-state index contributed by atoms with van der Waals surface area (Å²) in [5.41, 5.74) is 7.02. The molecule has 0 unspecified atom stereocenters. The van der Waals surface area contributed by atoms with Gasteiger partial charge in [-0.2, -0.15) is 4.31 Å². The van der Waals surface area contributed by atoms with Gasteiger partial charge >= 0.3 is 0 Å². The van der Waals surface area contributed by atoms with Gasteiger partial charge in [0.05, 0.1) is 4.90 Å². The molecule has 118 valence electrons. The molecule has 1 aliphatic carbocycles. The normalized spacial score (nSPS) is 23.4. The second kappa shape index (κ2) is 6.36. The average Bonchev–Trinajstić information content (AvgIpc) is 2.46. The third-order valence-electron chi connectivity index (χ3n) is 4.76. The number of sulfonamides is 1. The fraction of sp³-hybridized carbons (Fsp3) is 0.625. The maximum atomic E-state index is 12.8. The molecule has 2 rings (SSSR count). The Labute approximate surface area is 128 Å². The molecular weight excluding hydrogens is 284 g/mol. The van der Waals surface area contributed by atoms with Crippen LogP contribution in [0.15, 0.2) is 23.1 Å². The smallest absolute Gasteiger partial charge is 0.243 e. The highest BCUT2D eigenvalue weighted by molar-refractivity contribution is 7.89. The van der Waals surface area contributed by atoms with E-state index in [9.17, 15) is 8.42 Å². The van der Waals surface area contributed by atoms with E-state index in [2.05, 4.69) is 6.92 Å². The summed E-state index contributed by atoms with van der Waals surface area (Å²) < 4.78 is 27.2. The summed E-state index contributed by atoms with van der Waals surface area (Å²) >= 11 is 0. The first-order chi connectivity index (χ1) is 9.86. The van der Waals surface area contributed by atoms with Crippen molar-refractivity contribution in [2.75, 3.05) is 12.8 Å². The van der Waals surface area contributed by atoms with Crippen molar-refractivity contribution >= 4 is 15.7 Å². The molecule has 4 nitrogen and oxygen atoms in total. The summed E-state index contributed by atoms with van der Waals surface area (Å²) in [4.78, 5) is 0.372. The number of nitrogens with two attached hydrogens (primary N) is 1. The van der Waals surface area contributed by atoms with Crippen molar-refractivity contribution in [3.8, 4) is 0 Å². The van der Waals surface area contributed by atoms with Crippen LogP contribution in [0.25, 0.3) is 0 Å². The molecule has 0 heterocycles. The molecule has 1 saturated carbocycles. The maximum absolute atomic E-state index is 12.8. The van der Waals surface area contributed by atoms with Crippen LogP contribution in [0.5, 0.6) is 0 Å². The van der Waals surface area contributed by atoms with Crippen molar-refractivity contribution in [3.05, 3.63) is 23.8 Å². The highest BCUT2D eigenvalue weighted by Gasteiger charge is 2.31. The van der Waals surface area contributed by atoms with Crippen LogP contribution < -0.4 is 5.73 Å². The summed E-state index contributed by atoms with van der Waals surface area (Å²) in [6.07, 6.45) is 5.37. The number of nitrogens with zero attached hydrogens (tertiary/aromatic N) is 1. The predicted octanol–water partition coefficient (Wildman–Crippen LogP) is 3.17. The van der Waals surface area contributed by atoms with Crippen LogP contribution in [-0.4, -0.2) is 25.8 Å². The lowest BCUT2D eigenvalue weighted by Gasteiger charge is -2.34. The SMILES string of the molecule is CCC1CCC(N(C)S(=O)(=O)c2ccc(N)cc2C)CC1. The Balaban J connectivity index is 2.19. The first-order valence-corrected chi connectivity index (χ1v) is 9.14. The van der Waals surface area contributed by atoms with Crippen LogP contribution >= 0.6 is 0 Å². The predicted molar refractivity (Wildman–Crippen MR) is 86.6 cm³/mol. The van der Waals surface area contributed by atoms with E-state index in [0.717, 1.165) is 31.6 Å². The number of anilines is 1. The second-order valence-electron chi connectivity index (χ2n) is 6.13. The fourth-order valence-electron chi connectivity index (χ4n) is 3.23. The van der Waals surface area contributed by atoms with E-state index in [1.165, 1.54) is 6.42 Å². The molecule has 1 aliphatic rings. The van der Waals surface area contributed by atoms with Gasteiger partial charge in [0, 0.05) is 18.8 Å². The number of rotatable bonds is 4. The Kier molecular flexibility index (Phi) is 4.94. The molecule has 0 radical (unpaired) electrons. The highest BCUT2D eigenvalue weighted by Crippen LogP contribution is 2.32. The standard InChI is InChI=1S/C16H26N2O2S/c1-4-13-5-8-15(9-6-13)18(3)21(19,20)16-10-7-14(17)11-12(16)2/h7,10-11,13,15H,4-6,8-9,17H2,1-3H3. The van der Waals surface area contributed by atoms with Crippen molar-refractivity contribution in [3.63, 3.8) is 0 Å². The Hall–Kier alpha value is -1.07. The second-order valence-corrected chi connectivity index (χ2v) is 8.09. The minimum Gasteiger partial charge on any atom is -0.399 e. The van der Waals surface area contributed by atoms with Gasteiger partial charge in [0.1, 0.15) is 0 Å². The lowest BCUT2D eigenvalue weighted by Crippen LogP contribution is -2.39.